The number of nitrogens with one attached hydrogen (secondary N) is 1. The lowest BCUT2D eigenvalue weighted by Crippen LogP contribution is -2.34. The molecule has 1 fully saturated rings. The average molecular weight is 394 g/mol. The fraction of sp³-hybridized carbons (Fsp3) is 0.417. The summed E-state index contributed by atoms with van der Waals surface area (Å²) in [4.78, 5) is 18.0. The molecule has 1 atom stereocenters. The van der Waals surface area contributed by atoms with E-state index < -0.39 is 0 Å². The number of carbonyl (C=O) groups excluding carboxylic acids is 1. The fourth-order valence-electron chi connectivity index (χ4n) is 3.83. The second-order valence-corrected chi connectivity index (χ2v) is 8.21. The number of benzene rings is 2. The van der Waals surface area contributed by atoms with Gasteiger partial charge in [0.2, 0.25) is 5.91 Å². The molecule has 1 N–H and O–H groups in total. The van der Waals surface area contributed by atoms with Gasteiger partial charge in [-0.3, -0.25) is 4.79 Å². The zero-order valence-corrected chi connectivity index (χ0v) is 17.3. The van der Waals surface area contributed by atoms with Gasteiger partial charge in [0.1, 0.15) is 17.7 Å². The molecule has 29 heavy (non-hydrogen) atoms. The molecule has 0 unspecified atom stereocenters. The number of aryl methyl sites for hydroxylation is 2. The normalized spacial score (nSPS) is 14.9. The second-order valence-electron chi connectivity index (χ2n) is 8.21. The SMILES string of the molecule is CCC[C@@H](C(=O)NC1CC1)n1c(Cc2ccc(F)cc2)nc2cc(C)c(C)cc21. The number of carbonyl (C=O) groups is 1. The number of halogens is 1. The van der Waals surface area contributed by atoms with Crippen LogP contribution in [0.1, 0.15) is 61.2 Å². The van der Waals surface area contributed by atoms with E-state index in [9.17, 15) is 9.18 Å². The minimum Gasteiger partial charge on any atom is -0.352 e. The molecule has 1 aliphatic rings. The summed E-state index contributed by atoms with van der Waals surface area (Å²) in [5.41, 5.74) is 5.25. The zero-order valence-electron chi connectivity index (χ0n) is 17.3. The minimum atomic E-state index is -0.289. The lowest BCUT2D eigenvalue weighted by molar-refractivity contribution is -0.124. The van der Waals surface area contributed by atoms with Crippen molar-refractivity contribution in [3.8, 4) is 0 Å². The Balaban J connectivity index is 1.81. The van der Waals surface area contributed by atoms with Crippen LogP contribution < -0.4 is 5.32 Å². The quantitative estimate of drug-likeness (QED) is 0.614. The number of aromatic nitrogens is 2. The van der Waals surface area contributed by atoms with E-state index in [0.29, 0.717) is 12.5 Å². The molecule has 0 radical (unpaired) electrons. The van der Waals surface area contributed by atoms with Gasteiger partial charge in [-0.1, -0.05) is 25.5 Å². The van der Waals surface area contributed by atoms with E-state index in [1.807, 2.05) is 0 Å². The van der Waals surface area contributed by atoms with Gasteiger partial charge in [0, 0.05) is 12.5 Å². The fourth-order valence-corrected chi connectivity index (χ4v) is 3.83. The highest BCUT2D eigenvalue weighted by Crippen LogP contribution is 2.29. The largest absolute Gasteiger partial charge is 0.352 e. The number of rotatable bonds is 7. The van der Waals surface area contributed by atoms with Crippen LogP contribution in [-0.4, -0.2) is 21.5 Å². The van der Waals surface area contributed by atoms with E-state index in [1.54, 1.807) is 12.1 Å². The molecule has 0 bridgehead atoms. The van der Waals surface area contributed by atoms with E-state index in [-0.39, 0.29) is 17.8 Å². The molecular weight excluding hydrogens is 365 g/mol. The summed E-state index contributed by atoms with van der Waals surface area (Å²) in [7, 11) is 0. The van der Waals surface area contributed by atoms with Crippen LogP contribution in [0.4, 0.5) is 4.39 Å². The van der Waals surface area contributed by atoms with Crippen molar-refractivity contribution < 1.29 is 9.18 Å². The zero-order chi connectivity index (χ0) is 20.5. The molecule has 1 saturated carbocycles. The third-order valence-electron chi connectivity index (χ3n) is 5.75. The van der Waals surface area contributed by atoms with Crippen LogP contribution in [0.5, 0.6) is 0 Å². The summed E-state index contributed by atoms with van der Waals surface area (Å²) in [6, 6.07) is 10.8. The molecule has 1 heterocycles. The number of nitrogens with zero attached hydrogens (tertiary/aromatic N) is 2. The summed E-state index contributed by atoms with van der Waals surface area (Å²) in [5.74, 6) is 0.675. The van der Waals surface area contributed by atoms with Crippen LogP contribution in [0.3, 0.4) is 0 Å². The van der Waals surface area contributed by atoms with Gasteiger partial charge in [0.15, 0.2) is 0 Å². The van der Waals surface area contributed by atoms with Crippen LogP contribution >= 0.6 is 0 Å². The molecule has 1 aromatic heterocycles. The summed E-state index contributed by atoms with van der Waals surface area (Å²) < 4.78 is 15.5. The molecule has 0 aliphatic heterocycles. The topological polar surface area (TPSA) is 46.9 Å². The second kappa shape index (κ2) is 7.97. The first-order valence-electron chi connectivity index (χ1n) is 10.5. The Labute approximate surface area is 171 Å². The Kier molecular flexibility index (Phi) is 5.39. The predicted molar refractivity (Wildman–Crippen MR) is 114 cm³/mol. The molecule has 1 aliphatic carbocycles. The van der Waals surface area contributed by atoms with Gasteiger partial charge >= 0.3 is 0 Å². The van der Waals surface area contributed by atoms with Crippen LogP contribution in [0.2, 0.25) is 0 Å². The first-order valence-corrected chi connectivity index (χ1v) is 10.5. The van der Waals surface area contributed by atoms with Gasteiger partial charge in [0.25, 0.3) is 0 Å². The van der Waals surface area contributed by atoms with Gasteiger partial charge < -0.3 is 9.88 Å². The monoisotopic (exact) mass is 393 g/mol. The average Bonchev–Trinajstić information content (AvgIpc) is 3.44. The highest BCUT2D eigenvalue weighted by Gasteiger charge is 2.30. The molecule has 0 saturated heterocycles. The van der Waals surface area contributed by atoms with Crippen molar-refractivity contribution in [2.75, 3.05) is 0 Å². The van der Waals surface area contributed by atoms with Crippen molar-refractivity contribution in [2.45, 2.75) is 65.0 Å². The molecule has 5 heteroatoms. The summed E-state index contributed by atoms with van der Waals surface area (Å²) in [5, 5.41) is 3.18. The van der Waals surface area contributed by atoms with Gasteiger partial charge in [-0.05, 0) is 74.1 Å². The van der Waals surface area contributed by atoms with Crippen LogP contribution in [0, 0.1) is 19.7 Å². The van der Waals surface area contributed by atoms with Crippen LogP contribution in [0.25, 0.3) is 11.0 Å². The third kappa shape index (κ3) is 4.19. The summed E-state index contributed by atoms with van der Waals surface area (Å²) in [6.45, 7) is 6.27. The molecule has 4 rings (SSSR count). The van der Waals surface area contributed by atoms with Gasteiger partial charge in [-0.2, -0.15) is 0 Å². The number of amides is 1. The van der Waals surface area contributed by atoms with Gasteiger partial charge in [-0.15, -0.1) is 0 Å². The number of fused-ring (bicyclic) bond motifs is 1. The molecule has 152 valence electrons. The van der Waals surface area contributed by atoms with E-state index in [4.69, 9.17) is 4.98 Å². The first-order chi connectivity index (χ1) is 14.0. The number of hydrogen-bond acceptors (Lipinski definition) is 2. The van der Waals surface area contributed by atoms with Gasteiger partial charge in [0.05, 0.1) is 11.0 Å². The molecule has 1 amide bonds. The summed E-state index contributed by atoms with van der Waals surface area (Å²) in [6.07, 6.45) is 4.35. The lowest BCUT2D eigenvalue weighted by atomic mass is 10.1. The maximum atomic E-state index is 13.3. The Bertz CT molecular complexity index is 1030. The Morgan fingerprint density at radius 3 is 2.55 bits per heavy atom. The van der Waals surface area contributed by atoms with Gasteiger partial charge in [-0.25, -0.2) is 9.37 Å². The number of hydrogen-bond donors (Lipinski definition) is 1. The molecule has 0 spiro atoms. The van der Waals surface area contributed by atoms with Crippen molar-refractivity contribution >= 4 is 16.9 Å². The smallest absolute Gasteiger partial charge is 0.243 e. The number of imidazole rings is 1. The maximum absolute atomic E-state index is 13.3. The lowest BCUT2D eigenvalue weighted by Gasteiger charge is -2.21. The van der Waals surface area contributed by atoms with Crippen molar-refractivity contribution in [1.82, 2.24) is 14.9 Å². The Morgan fingerprint density at radius 2 is 1.90 bits per heavy atom. The highest BCUT2D eigenvalue weighted by molar-refractivity contribution is 5.85. The minimum absolute atomic E-state index is 0.0761. The first kappa shape index (κ1) is 19.6. The van der Waals surface area contributed by atoms with Crippen molar-refractivity contribution in [3.05, 3.63) is 64.7 Å². The highest BCUT2D eigenvalue weighted by atomic mass is 19.1. The van der Waals surface area contributed by atoms with E-state index >= 15 is 0 Å². The third-order valence-corrected chi connectivity index (χ3v) is 5.75. The molecule has 3 aromatic rings. The standard InChI is InChI=1S/C24H28FN3O/c1-4-5-21(24(29)26-19-10-11-19)28-22-13-16(3)15(2)12-20(22)27-23(28)14-17-6-8-18(25)9-7-17/h6-9,12-13,19,21H,4-5,10-11,14H2,1-3H3,(H,26,29)/t21-/m0/s1. The van der Waals surface area contributed by atoms with Crippen molar-refractivity contribution in [2.24, 2.45) is 0 Å². The van der Waals surface area contributed by atoms with Crippen molar-refractivity contribution in [1.29, 1.82) is 0 Å². The maximum Gasteiger partial charge on any atom is 0.243 e. The van der Waals surface area contributed by atoms with Crippen LogP contribution in [-0.2, 0) is 11.2 Å². The summed E-state index contributed by atoms with van der Waals surface area (Å²) >= 11 is 0. The molecule has 4 nitrogen and oxygen atoms in total. The van der Waals surface area contributed by atoms with Crippen LogP contribution in [0.15, 0.2) is 36.4 Å². The Hall–Kier alpha value is -2.69. The predicted octanol–water partition coefficient (Wildman–Crippen LogP) is 5.00. The van der Waals surface area contributed by atoms with Crippen molar-refractivity contribution in [3.63, 3.8) is 0 Å². The molecule has 2 aromatic carbocycles. The Morgan fingerprint density at radius 1 is 1.21 bits per heavy atom. The van der Waals surface area contributed by atoms with E-state index in [2.05, 4.69) is 42.8 Å². The van der Waals surface area contributed by atoms with E-state index in [0.717, 1.165) is 48.1 Å². The van der Waals surface area contributed by atoms with E-state index in [1.165, 1.54) is 23.3 Å². The molecular formula is C24H28FN3O.